The number of rotatable bonds is 4. The molecule has 2 nitrogen and oxygen atoms in total. The van der Waals surface area contributed by atoms with E-state index >= 15 is 0 Å². The molecule has 20 heavy (non-hydrogen) atoms. The summed E-state index contributed by atoms with van der Waals surface area (Å²) in [7, 11) is 0. The van der Waals surface area contributed by atoms with Crippen molar-refractivity contribution in [2.75, 3.05) is 11.9 Å². The van der Waals surface area contributed by atoms with E-state index in [-0.39, 0.29) is 5.78 Å². The fraction of sp³-hybridized carbons (Fsp3) is 0.278. The minimum absolute atomic E-state index is 0.142. The van der Waals surface area contributed by atoms with Crippen LogP contribution in [0.2, 0.25) is 0 Å². The highest BCUT2D eigenvalue weighted by Gasteiger charge is 2.12. The lowest BCUT2D eigenvalue weighted by molar-refractivity contribution is 0.100. The van der Waals surface area contributed by atoms with Gasteiger partial charge in [0.05, 0.1) is 6.54 Å². The molecule has 0 bridgehead atoms. The standard InChI is InChI=1S/C18H21NO/c1-12-9-14(3)18(15(4)10-12)17(20)11-19-16-8-6-5-7-13(16)2/h5-10,19H,11H2,1-4H3. The second kappa shape index (κ2) is 5.91. The Labute approximate surface area is 120 Å². The third-order valence-electron chi connectivity index (χ3n) is 3.54. The molecule has 0 aromatic heterocycles. The van der Waals surface area contributed by atoms with E-state index < -0.39 is 0 Å². The normalized spacial score (nSPS) is 10.4. The number of nitrogens with one attached hydrogen (secondary N) is 1. The Balaban J connectivity index is 2.16. The maximum absolute atomic E-state index is 12.4. The lowest BCUT2D eigenvalue weighted by atomic mass is 9.96. The first-order valence-corrected chi connectivity index (χ1v) is 6.89. The highest BCUT2D eigenvalue weighted by molar-refractivity contribution is 6.01. The summed E-state index contributed by atoms with van der Waals surface area (Å²) >= 11 is 0. The number of hydrogen-bond donors (Lipinski definition) is 1. The van der Waals surface area contributed by atoms with Gasteiger partial charge in [-0.2, -0.15) is 0 Å². The summed E-state index contributed by atoms with van der Waals surface area (Å²) in [5.74, 6) is 0.142. The number of para-hydroxylation sites is 1. The predicted octanol–water partition coefficient (Wildman–Crippen LogP) is 4.22. The van der Waals surface area contributed by atoms with Crippen molar-refractivity contribution in [1.82, 2.24) is 0 Å². The second-order valence-corrected chi connectivity index (χ2v) is 5.37. The minimum Gasteiger partial charge on any atom is -0.377 e. The molecule has 0 aliphatic heterocycles. The molecular formula is C18H21NO. The number of carbonyl (C=O) groups is 1. The van der Waals surface area contributed by atoms with Gasteiger partial charge in [-0.1, -0.05) is 35.9 Å². The predicted molar refractivity (Wildman–Crippen MR) is 84.7 cm³/mol. The molecule has 104 valence electrons. The van der Waals surface area contributed by atoms with Gasteiger partial charge in [0.25, 0.3) is 0 Å². The van der Waals surface area contributed by atoms with E-state index in [1.165, 1.54) is 5.56 Å². The molecule has 0 saturated heterocycles. The number of Topliss-reactive ketones (excluding diaryl/α,β-unsaturated/α-hetero) is 1. The van der Waals surface area contributed by atoms with Crippen molar-refractivity contribution in [3.8, 4) is 0 Å². The van der Waals surface area contributed by atoms with Crippen molar-refractivity contribution in [3.63, 3.8) is 0 Å². The van der Waals surface area contributed by atoms with E-state index in [4.69, 9.17) is 0 Å². The monoisotopic (exact) mass is 267 g/mol. The Morgan fingerprint density at radius 2 is 1.55 bits per heavy atom. The van der Waals surface area contributed by atoms with Gasteiger partial charge in [0.15, 0.2) is 5.78 Å². The molecule has 0 aliphatic carbocycles. The van der Waals surface area contributed by atoms with Gasteiger partial charge < -0.3 is 5.32 Å². The van der Waals surface area contributed by atoms with Crippen molar-refractivity contribution in [3.05, 3.63) is 64.2 Å². The fourth-order valence-corrected chi connectivity index (χ4v) is 2.65. The van der Waals surface area contributed by atoms with Crippen molar-refractivity contribution in [2.24, 2.45) is 0 Å². The fourth-order valence-electron chi connectivity index (χ4n) is 2.65. The van der Waals surface area contributed by atoms with Gasteiger partial charge in [-0.15, -0.1) is 0 Å². The van der Waals surface area contributed by atoms with Crippen LogP contribution in [0.5, 0.6) is 0 Å². The largest absolute Gasteiger partial charge is 0.377 e. The average molecular weight is 267 g/mol. The Kier molecular flexibility index (Phi) is 4.23. The summed E-state index contributed by atoms with van der Waals surface area (Å²) in [5, 5.41) is 3.23. The molecule has 2 rings (SSSR count). The van der Waals surface area contributed by atoms with E-state index in [1.807, 2.05) is 45.0 Å². The van der Waals surface area contributed by atoms with Gasteiger partial charge in [0.2, 0.25) is 0 Å². The average Bonchev–Trinajstić information content (AvgIpc) is 2.36. The SMILES string of the molecule is Cc1cc(C)c(C(=O)CNc2ccccc2C)c(C)c1. The third-order valence-corrected chi connectivity index (χ3v) is 3.54. The van der Waals surface area contributed by atoms with Crippen LogP contribution in [-0.2, 0) is 0 Å². The topological polar surface area (TPSA) is 29.1 Å². The zero-order valence-electron chi connectivity index (χ0n) is 12.6. The van der Waals surface area contributed by atoms with E-state index in [9.17, 15) is 4.79 Å². The molecule has 0 atom stereocenters. The van der Waals surface area contributed by atoms with E-state index in [1.54, 1.807) is 0 Å². The maximum Gasteiger partial charge on any atom is 0.182 e. The minimum atomic E-state index is 0.142. The van der Waals surface area contributed by atoms with Crippen LogP contribution in [0, 0.1) is 27.7 Å². The highest BCUT2D eigenvalue weighted by atomic mass is 16.1. The van der Waals surface area contributed by atoms with Gasteiger partial charge in [-0.3, -0.25) is 4.79 Å². The van der Waals surface area contributed by atoms with Crippen LogP contribution in [0.1, 0.15) is 32.6 Å². The van der Waals surface area contributed by atoms with Crippen molar-refractivity contribution < 1.29 is 4.79 Å². The van der Waals surface area contributed by atoms with Crippen LogP contribution in [0.4, 0.5) is 5.69 Å². The van der Waals surface area contributed by atoms with Gasteiger partial charge >= 0.3 is 0 Å². The van der Waals surface area contributed by atoms with Crippen LogP contribution in [0.25, 0.3) is 0 Å². The summed E-state index contributed by atoms with van der Waals surface area (Å²) in [6, 6.07) is 12.1. The summed E-state index contributed by atoms with van der Waals surface area (Å²) in [4.78, 5) is 12.4. The lowest BCUT2D eigenvalue weighted by Gasteiger charge is -2.12. The van der Waals surface area contributed by atoms with E-state index in [0.717, 1.165) is 27.9 Å². The third kappa shape index (κ3) is 3.08. The molecule has 0 radical (unpaired) electrons. The Morgan fingerprint density at radius 1 is 0.950 bits per heavy atom. The van der Waals surface area contributed by atoms with Crippen LogP contribution >= 0.6 is 0 Å². The summed E-state index contributed by atoms with van der Waals surface area (Å²) in [5.41, 5.74) is 6.32. The first kappa shape index (κ1) is 14.3. The molecule has 2 heteroatoms. The lowest BCUT2D eigenvalue weighted by Crippen LogP contribution is -2.17. The Bertz CT molecular complexity index is 621. The first-order chi connectivity index (χ1) is 9.49. The quantitative estimate of drug-likeness (QED) is 0.840. The summed E-state index contributed by atoms with van der Waals surface area (Å²) in [6.45, 7) is 8.42. The smallest absolute Gasteiger partial charge is 0.182 e. The number of ketones is 1. The number of hydrogen-bond acceptors (Lipinski definition) is 2. The second-order valence-electron chi connectivity index (χ2n) is 5.37. The molecule has 2 aromatic carbocycles. The molecule has 0 unspecified atom stereocenters. The van der Waals surface area contributed by atoms with Crippen molar-refractivity contribution >= 4 is 11.5 Å². The molecule has 0 fully saturated rings. The number of aryl methyl sites for hydroxylation is 4. The number of benzene rings is 2. The molecule has 0 heterocycles. The van der Waals surface area contributed by atoms with Gasteiger partial charge in [0, 0.05) is 11.3 Å². The molecule has 0 spiro atoms. The Morgan fingerprint density at radius 3 is 2.15 bits per heavy atom. The van der Waals surface area contributed by atoms with Crippen LogP contribution in [-0.4, -0.2) is 12.3 Å². The number of carbonyl (C=O) groups excluding carboxylic acids is 1. The first-order valence-electron chi connectivity index (χ1n) is 6.89. The number of anilines is 1. The molecule has 2 aromatic rings. The van der Waals surface area contributed by atoms with Gasteiger partial charge in [-0.05, 0) is 50.5 Å². The van der Waals surface area contributed by atoms with E-state index in [0.29, 0.717) is 6.54 Å². The Hall–Kier alpha value is -2.09. The molecule has 0 aliphatic rings. The molecule has 0 amide bonds. The van der Waals surface area contributed by atoms with Crippen LogP contribution < -0.4 is 5.32 Å². The summed E-state index contributed by atoms with van der Waals surface area (Å²) < 4.78 is 0. The highest BCUT2D eigenvalue weighted by Crippen LogP contribution is 2.18. The van der Waals surface area contributed by atoms with Crippen molar-refractivity contribution in [1.29, 1.82) is 0 Å². The van der Waals surface area contributed by atoms with Crippen LogP contribution in [0.3, 0.4) is 0 Å². The molecule has 0 saturated carbocycles. The van der Waals surface area contributed by atoms with Gasteiger partial charge in [-0.25, -0.2) is 0 Å². The molecular weight excluding hydrogens is 246 g/mol. The van der Waals surface area contributed by atoms with Crippen molar-refractivity contribution in [2.45, 2.75) is 27.7 Å². The summed E-state index contributed by atoms with van der Waals surface area (Å²) in [6.07, 6.45) is 0. The molecule has 1 N–H and O–H groups in total. The van der Waals surface area contributed by atoms with Crippen LogP contribution in [0.15, 0.2) is 36.4 Å². The van der Waals surface area contributed by atoms with E-state index in [2.05, 4.69) is 24.4 Å². The maximum atomic E-state index is 12.4. The zero-order chi connectivity index (χ0) is 14.7. The zero-order valence-corrected chi connectivity index (χ0v) is 12.6. The van der Waals surface area contributed by atoms with Gasteiger partial charge in [0.1, 0.15) is 0 Å².